The molecule has 1 heterocycles. The molecule has 6 unspecified atom stereocenters. The number of likely N-dealkylation sites (N-methyl/N-ethyl adjacent to an activating group) is 1. The van der Waals surface area contributed by atoms with Crippen molar-refractivity contribution in [3.63, 3.8) is 0 Å². The highest BCUT2D eigenvalue weighted by Gasteiger charge is 2.45. The minimum atomic E-state index is -4.77. The van der Waals surface area contributed by atoms with Gasteiger partial charge in [-0.2, -0.15) is 0 Å². The third-order valence-corrected chi connectivity index (χ3v) is 12.3. The van der Waals surface area contributed by atoms with Crippen LogP contribution < -0.4 is 10.2 Å². The molecule has 14 heteroatoms. The Labute approximate surface area is 365 Å². The van der Waals surface area contributed by atoms with Crippen molar-refractivity contribution in [2.75, 3.05) is 47.5 Å². The third kappa shape index (κ3) is 30.2. The van der Waals surface area contributed by atoms with Gasteiger partial charge in [-0.15, -0.1) is 0 Å². The van der Waals surface area contributed by atoms with Crippen LogP contribution in [0, 0.1) is 0 Å². The van der Waals surface area contributed by atoms with E-state index in [1.807, 2.05) is 27.2 Å². The molecule has 0 radical (unpaired) electrons. The highest BCUT2D eigenvalue weighted by molar-refractivity contribution is 7.45. The Balaban J connectivity index is 2.66. The zero-order valence-corrected chi connectivity index (χ0v) is 39.6. The topological polar surface area (TPSA) is 187 Å². The van der Waals surface area contributed by atoms with Crippen molar-refractivity contribution in [1.29, 1.82) is 0 Å². The first-order valence-corrected chi connectivity index (χ1v) is 25.5. The molecule has 1 fully saturated rings. The van der Waals surface area contributed by atoms with Gasteiger partial charge >= 0.3 is 0 Å². The van der Waals surface area contributed by atoms with E-state index >= 15 is 0 Å². The molecule has 1 saturated heterocycles. The predicted octanol–water partition coefficient (Wildman–Crippen LogP) is 7.99. The van der Waals surface area contributed by atoms with Gasteiger partial charge in [0.2, 0.25) is 5.91 Å². The van der Waals surface area contributed by atoms with Crippen LogP contribution in [0.4, 0.5) is 0 Å². The van der Waals surface area contributed by atoms with Crippen LogP contribution in [0.3, 0.4) is 0 Å². The summed E-state index contributed by atoms with van der Waals surface area (Å²) < 4.78 is 34.2. The lowest BCUT2D eigenvalue weighted by molar-refractivity contribution is -0.870. The monoisotopic (exact) mass is 879 g/mol. The number of amides is 1. The first-order chi connectivity index (χ1) is 28.7. The number of phosphoric acid groups is 1. The van der Waals surface area contributed by atoms with Gasteiger partial charge in [0.25, 0.3) is 7.82 Å². The zero-order valence-electron chi connectivity index (χ0n) is 38.7. The molecule has 1 aliphatic rings. The van der Waals surface area contributed by atoms with Crippen molar-refractivity contribution < 1.29 is 57.7 Å². The maximum Gasteiger partial charge on any atom is 0.268 e. The van der Waals surface area contributed by atoms with Gasteiger partial charge < -0.3 is 53.6 Å². The minimum absolute atomic E-state index is 0.117. The van der Waals surface area contributed by atoms with E-state index in [4.69, 9.17) is 18.5 Å². The van der Waals surface area contributed by atoms with Crippen LogP contribution in [0.1, 0.15) is 187 Å². The molecule has 13 nitrogen and oxygen atoms in total. The fourth-order valence-corrected chi connectivity index (χ4v) is 8.01. The number of phosphoric ester groups is 1. The fourth-order valence-electron chi connectivity index (χ4n) is 7.30. The number of carbonyl (C=O) groups is 1. The second kappa shape index (κ2) is 35.4. The number of carbonyl (C=O) groups excluding carboxylic acids is 1. The van der Waals surface area contributed by atoms with Crippen LogP contribution >= 0.6 is 7.82 Å². The SMILES string of the molecule is CCCCCCCCCCCCC/C=C/[C@@H](O)[C@H](COC1OC(COP(=O)([O-])OCC[N+](C)(C)C)C(O)C(O)C1O)NC(=O)CCCCCCCCCCCCCCCC. The maximum atomic E-state index is 13.1. The summed E-state index contributed by atoms with van der Waals surface area (Å²) in [6.45, 7) is 3.78. The van der Waals surface area contributed by atoms with E-state index in [1.165, 1.54) is 122 Å². The van der Waals surface area contributed by atoms with Gasteiger partial charge in [-0.25, -0.2) is 0 Å². The van der Waals surface area contributed by atoms with Crippen LogP contribution in [-0.2, 0) is 27.9 Å². The number of hydrogen-bond donors (Lipinski definition) is 5. The van der Waals surface area contributed by atoms with Gasteiger partial charge in [0.15, 0.2) is 6.29 Å². The van der Waals surface area contributed by atoms with Gasteiger partial charge in [0.05, 0.1) is 46.5 Å². The second-order valence-corrected chi connectivity index (χ2v) is 19.6. The van der Waals surface area contributed by atoms with E-state index in [0.29, 0.717) is 17.4 Å². The third-order valence-electron chi connectivity index (χ3n) is 11.3. The van der Waals surface area contributed by atoms with Crippen molar-refractivity contribution in [1.82, 2.24) is 5.32 Å². The summed E-state index contributed by atoms with van der Waals surface area (Å²) in [4.78, 5) is 25.5. The number of rotatable bonds is 40. The average molecular weight is 879 g/mol. The molecule has 0 saturated carbocycles. The Bertz CT molecular complexity index is 1110. The molecule has 0 aromatic carbocycles. The molecule has 356 valence electrons. The second-order valence-electron chi connectivity index (χ2n) is 18.2. The number of hydrogen-bond acceptors (Lipinski definition) is 11. The lowest BCUT2D eigenvalue weighted by atomic mass is 9.99. The normalized spacial score (nSPS) is 21.9. The molecule has 0 spiro atoms. The van der Waals surface area contributed by atoms with Crippen molar-refractivity contribution in [3.05, 3.63) is 12.2 Å². The Morgan fingerprint density at radius 2 is 1.18 bits per heavy atom. The smallest absolute Gasteiger partial charge is 0.268 e. The molecule has 1 amide bonds. The number of unbranched alkanes of at least 4 members (excludes halogenated alkanes) is 24. The lowest BCUT2D eigenvalue weighted by Gasteiger charge is -2.41. The lowest BCUT2D eigenvalue weighted by Crippen LogP contribution is -2.60. The number of aliphatic hydroxyl groups is 4. The van der Waals surface area contributed by atoms with E-state index in [2.05, 4.69) is 19.2 Å². The Kier molecular flexibility index (Phi) is 33.7. The molecule has 0 aliphatic carbocycles. The summed E-state index contributed by atoms with van der Waals surface area (Å²) in [5.41, 5.74) is 0. The fraction of sp³-hybridized carbons (Fsp3) is 0.935. The highest BCUT2D eigenvalue weighted by atomic mass is 31.2. The molecule has 1 aliphatic heterocycles. The first kappa shape index (κ1) is 57.1. The summed E-state index contributed by atoms with van der Waals surface area (Å²) >= 11 is 0. The molecule has 8 atom stereocenters. The molecule has 0 bridgehead atoms. The van der Waals surface area contributed by atoms with Crippen molar-refractivity contribution in [2.45, 2.75) is 230 Å². The van der Waals surface area contributed by atoms with Crippen LogP contribution in [0.2, 0.25) is 0 Å². The molecule has 0 aromatic rings. The number of nitrogens with zero attached hydrogens (tertiary/aromatic N) is 1. The molecule has 5 N–H and O–H groups in total. The highest BCUT2D eigenvalue weighted by Crippen LogP contribution is 2.39. The predicted molar refractivity (Wildman–Crippen MR) is 238 cm³/mol. The Morgan fingerprint density at radius 1 is 0.717 bits per heavy atom. The van der Waals surface area contributed by atoms with E-state index < -0.39 is 57.3 Å². The standard InChI is InChI=1S/C46H91N2O11P/c1-6-8-10-12-14-16-18-20-22-24-26-28-30-32-34-42(50)47-39(40(49)33-31-29-27-25-23-21-19-17-15-13-11-9-7-2)37-56-46-45(53)44(52)43(51)41(59-46)38-58-60(54,55)57-36-35-48(3,4)5/h31,33,39-41,43-46,49,51-53H,6-30,32,34-38H2,1-5H3,(H-,47,50,54,55)/b33-31+/t39-,40+,41?,43?,44?,45?,46?/m0/s1. The Hall–Kier alpha value is -0.960. The van der Waals surface area contributed by atoms with Gasteiger partial charge in [-0.05, 0) is 19.3 Å². The van der Waals surface area contributed by atoms with Gasteiger partial charge in [-0.3, -0.25) is 9.36 Å². The van der Waals surface area contributed by atoms with Crippen LogP contribution in [0.5, 0.6) is 0 Å². The molecular formula is C46H91N2O11P. The number of nitrogens with one attached hydrogen (secondary N) is 1. The Morgan fingerprint density at radius 3 is 1.67 bits per heavy atom. The van der Waals surface area contributed by atoms with Gasteiger partial charge in [0.1, 0.15) is 37.6 Å². The van der Waals surface area contributed by atoms with Crippen LogP contribution in [0.25, 0.3) is 0 Å². The summed E-state index contributed by atoms with van der Waals surface area (Å²) in [7, 11) is 0.873. The minimum Gasteiger partial charge on any atom is -0.756 e. The molecular weight excluding hydrogens is 787 g/mol. The first-order valence-electron chi connectivity index (χ1n) is 24.1. The zero-order chi connectivity index (χ0) is 44.5. The van der Waals surface area contributed by atoms with E-state index in [9.17, 15) is 34.7 Å². The molecule has 60 heavy (non-hydrogen) atoms. The number of ether oxygens (including phenoxy) is 2. The van der Waals surface area contributed by atoms with Crippen molar-refractivity contribution >= 4 is 13.7 Å². The van der Waals surface area contributed by atoms with Crippen molar-refractivity contribution in [3.8, 4) is 0 Å². The van der Waals surface area contributed by atoms with E-state index in [-0.39, 0.29) is 19.1 Å². The number of allylic oxidation sites excluding steroid dienone is 1. The van der Waals surface area contributed by atoms with Gasteiger partial charge in [-0.1, -0.05) is 174 Å². The van der Waals surface area contributed by atoms with Gasteiger partial charge in [0, 0.05) is 6.42 Å². The summed E-state index contributed by atoms with van der Waals surface area (Å²) in [6, 6.07) is -0.899. The van der Waals surface area contributed by atoms with E-state index in [0.717, 1.165) is 44.9 Å². The average Bonchev–Trinajstić information content (AvgIpc) is 3.20. The summed E-state index contributed by atoms with van der Waals surface area (Å²) in [5.74, 6) is -0.233. The number of aliphatic hydroxyl groups excluding tert-OH is 4. The summed E-state index contributed by atoms with van der Waals surface area (Å²) in [5, 5.41) is 45.9. The largest absolute Gasteiger partial charge is 0.756 e. The van der Waals surface area contributed by atoms with Crippen molar-refractivity contribution in [2.24, 2.45) is 0 Å². The number of quaternary nitrogens is 1. The van der Waals surface area contributed by atoms with Crippen LogP contribution in [-0.4, -0.2) is 121 Å². The summed E-state index contributed by atoms with van der Waals surface area (Å²) in [6.07, 6.45) is 26.2. The molecule has 0 aromatic heterocycles. The van der Waals surface area contributed by atoms with Crippen LogP contribution in [0.15, 0.2) is 12.2 Å². The van der Waals surface area contributed by atoms with E-state index in [1.54, 1.807) is 6.08 Å². The quantitative estimate of drug-likeness (QED) is 0.0174. The maximum absolute atomic E-state index is 13.1. The molecule has 1 rings (SSSR count).